The molecule has 0 unspecified atom stereocenters. The van der Waals surface area contributed by atoms with Crippen molar-refractivity contribution in [3.8, 4) is 28.4 Å². The van der Waals surface area contributed by atoms with Crippen LogP contribution < -0.4 is 19.5 Å². The average molecular weight is 861 g/mol. The summed E-state index contributed by atoms with van der Waals surface area (Å²) >= 11 is 12.2. The van der Waals surface area contributed by atoms with Crippen LogP contribution in [-0.4, -0.2) is 63.0 Å². The van der Waals surface area contributed by atoms with E-state index < -0.39 is 36.0 Å². The van der Waals surface area contributed by atoms with Crippen molar-refractivity contribution in [1.29, 1.82) is 0 Å². The third kappa shape index (κ3) is 8.92. The minimum atomic E-state index is -1.01. The number of carbonyl (C=O) groups excluding carboxylic acids is 3. The van der Waals surface area contributed by atoms with E-state index in [4.69, 9.17) is 42.1 Å². The lowest BCUT2D eigenvalue weighted by Gasteiger charge is -2.37. The van der Waals surface area contributed by atoms with E-state index in [-0.39, 0.29) is 31.8 Å². The van der Waals surface area contributed by atoms with Crippen molar-refractivity contribution in [2.24, 2.45) is 7.05 Å². The molecule has 0 bridgehead atoms. The van der Waals surface area contributed by atoms with E-state index in [1.54, 1.807) is 36.1 Å². The molecule has 0 saturated heterocycles. The van der Waals surface area contributed by atoms with Gasteiger partial charge in [0, 0.05) is 50.7 Å². The van der Waals surface area contributed by atoms with Crippen LogP contribution in [0.25, 0.3) is 11.1 Å². The fourth-order valence-corrected chi connectivity index (χ4v) is 7.97. The number of halogens is 2. The molecule has 0 radical (unpaired) electrons. The van der Waals surface area contributed by atoms with Gasteiger partial charge in [-0.1, -0.05) is 65.7 Å². The van der Waals surface area contributed by atoms with Gasteiger partial charge in [-0.15, -0.1) is 0 Å². The first-order valence-corrected chi connectivity index (χ1v) is 20.5. The number of methoxy groups -OCH3 is 1. The van der Waals surface area contributed by atoms with Crippen LogP contribution in [0, 0.1) is 13.8 Å². The highest BCUT2D eigenvalue weighted by Crippen LogP contribution is 2.41. The SMILES string of the molecule is COC(=O)[C@H](Cc1ccc(-c2ccnc(C)c2C)cc1)NC(=O)[C@@H]1Cc2cc3c(cc2CN1C(=O)c1nccn1C)O[C@@H](c1ccc(OCc2ccc(Cl)c(Cl)c2)cc1)CO3. The molecule has 6 aromatic rings. The quantitative estimate of drug-likeness (QED) is 0.129. The van der Waals surface area contributed by atoms with E-state index in [0.717, 1.165) is 50.2 Å². The Hall–Kier alpha value is -6.37. The molecule has 1 N–H and O–H groups in total. The molecule has 4 heterocycles. The van der Waals surface area contributed by atoms with E-state index in [9.17, 15) is 14.4 Å². The highest BCUT2D eigenvalue weighted by molar-refractivity contribution is 6.42. The summed E-state index contributed by atoms with van der Waals surface area (Å²) in [4.78, 5) is 51.8. The Morgan fingerprint density at radius 3 is 2.36 bits per heavy atom. The van der Waals surface area contributed by atoms with Crippen molar-refractivity contribution in [2.45, 2.75) is 58.0 Å². The molecule has 0 saturated carbocycles. The highest BCUT2D eigenvalue weighted by Gasteiger charge is 2.39. The van der Waals surface area contributed by atoms with Gasteiger partial charge in [0.15, 0.2) is 23.4 Å². The number of esters is 1. The summed E-state index contributed by atoms with van der Waals surface area (Å²) in [6.07, 6.45) is 4.92. The molecule has 0 fully saturated rings. The number of benzene rings is 4. The molecular weight excluding hydrogens is 817 g/mol. The van der Waals surface area contributed by atoms with Crippen LogP contribution in [0.1, 0.15) is 55.8 Å². The zero-order valence-corrected chi connectivity index (χ0v) is 35.5. The molecule has 2 aliphatic heterocycles. The average Bonchev–Trinajstić information content (AvgIpc) is 3.71. The van der Waals surface area contributed by atoms with Crippen LogP contribution in [0.5, 0.6) is 17.2 Å². The van der Waals surface area contributed by atoms with Crippen LogP contribution in [0.2, 0.25) is 10.0 Å². The zero-order chi connectivity index (χ0) is 42.8. The highest BCUT2D eigenvalue weighted by atomic mass is 35.5. The zero-order valence-electron chi connectivity index (χ0n) is 34.0. The van der Waals surface area contributed by atoms with Gasteiger partial charge in [-0.25, -0.2) is 9.78 Å². The monoisotopic (exact) mass is 859 g/mol. The van der Waals surface area contributed by atoms with Gasteiger partial charge in [0.05, 0.1) is 17.2 Å². The topological polar surface area (TPSA) is 134 Å². The largest absolute Gasteiger partial charge is 0.489 e. The van der Waals surface area contributed by atoms with Crippen LogP contribution in [0.3, 0.4) is 0 Å². The van der Waals surface area contributed by atoms with Gasteiger partial charge in [-0.3, -0.25) is 14.6 Å². The van der Waals surface area contributed by atoms with Gasteiger partial charge in [-0.05, 0) is 101 Å². The van der Waals surface area contributed by atoms with Gasteiger partial charge in [0.25, 0.3) is 5.91 Å². The number of hydrogen-bond acceptors (Lipinski definition) is 9. The van der Waals surface area contributed by atoms with Crippen molar-refractivity contribution in [1.82, 2.24) is 24.8 Å². The standard InChI is InChI=1S/C47H43Cl2N5O7/c1-27-28(2)50-16-15-36(27)31-8-5-29(6-9-31)20-39(47(57)58-4)52-45(55)40-21-33-22-41-42(23-34(33)24-54(40)46(56)44-51-17-18-53(44)3)61-43(26-60-41)32-10-12-35(13-11-32)59-25-30-7-14-37(48)38(49)19-30/h5-19,22-23,39-40,43H,20-21,24-26H2,1-4H3,(H,52,55)/t39-,40-,43+/m0/s1. The first kappa shape index (κ1) is 41.4. The lowest BCUT2D eigenvalue weighted by molar-refractivity contribution is -0.145. The van der Waals surface area contributed by atoms with E-state index in [1.807, 2.05) is 86.6 Å². The van der Waals surface area contributed by atoms with Crippen LogP contribution in [0.15, 0.2) is 104 Å². The lowest BCUT2D eigenvalue weighted by atomic mass is 9.92. The summed E-state index contributed by atoms with van der Waals surface area (Å²) in [5.74, 6) is 0.377. The predicted octanol–water partition coefficient (Wildman–Crippen LogP) is 7.96. The number of hydrogen-bond donors (Lipinski definition) is 1. The Bertz CT molecular complexity index is 2610. The molecule has 12 nitrogen and oxygen atoms in total. The molecule has 0 spiro atoms. The second kappa shape index (κ2) is 17.7. The number of fused-ring (bicyclic) bond motifs is 2. The second-order valence-electron chi connectivity index (χ2n) is 15.2. The fraction of sp³-hybridized carbons (Fsp3) is 0.255. The van der Waals surface area contributed by atoms with Gasteiger partial charge in [-0.2, -0.15) is 0 Å². The molecule has 3 atom stereocenters. The number of carbonyl (C=O) groups is 3. The normalized spacial score (nSPS) is 16.0. The van der Waals surface area contributed by atoms with Crippen molar-refractivity contribution in [3.05, 3.63) is 158 Å². The maximum Gasteiger partial charge on any atom is 0.328 e. The molecule has 2 amide bonds. The Morgan fingerprint density at radius 2 is 1.64 bits per heavy atom. The van der Waals surface area contributed by atoms with Crippen molar-refractivity contribution in [2.75, 3.05) is 13.7 Å². The number of nitrogens with one attached hydrogen (secondary N) is 1. The molecule has 61 heavy (non-hydrogen) atoms. The van der Waals surface area contributed by atoms with Crippen molar-refractivity contribution >= 4 is 41.0 Å². The molecular formula is C47H43Cl2N5O7. The summed E-state index contributed by atoms with van der Waals surface area (Å²) in [6.45, 7) is 4.68. The third-order valence-electron chi connectivity index (χ3n) is 11.2. The minimum Gasteiger partial charge on any atom is -0.489 e. The molecule has 2 aromatic heterocycles. The Balaban J connectivity index is 0.992. The number of rotatable bonds is 11. The number of nitrogens with zero attached hydrogens (tertiary/aromatic N) is 4. The minimum absolute atomic E-state index is 0.0868. The predicted molar refractivity (Wildman–Crippen MR) is 230 cm³/mol. The molecule has 4 aromatic carbocycles. The van der Waals surface area contributed by atoms with Crippen LogP contribution >= 0.6 is 23.2 Å². The smallest absolute Gasteiger partial charge is 0.328 e. The summed E-state index contributed by atoms with van der Waals surface area (Å²) in [5.41, 5.74) is 8.35. The summed E-state index contributed by atoms with van der Waals surface area (Å²) in [7, 11) is 3.01. The van der Waals surface area contributed by atoms with Crippen LogP contribution in [0.4, 0.5) is 0 Å². The van der Waals surface area contributed by atoms with Gasteiger partial charge >= 0.3 is 5.97 Å². The first-order valence-electron chi connectivity index (χ1n) is 19.8. The third-order valence-corrected chi connectivity index (χ3v) is 12.0. The number of ether oxygens (including phenoxy) is 4. The number of imidazole rings is 1. The Kier molecular flexibility index (Phi) is 12.0. The number of pyridine rings is 1. The number of aromatic nitrogens is 3. The molecule has 2 aliphatic rings. The Morgan fingerprint density at radius 1 is 0.885 bits per heavy atom. The maximum absolute atomic E-state index is 14.3. The fourth-order valence-electron chi connectivity index (χ4n) is 7.65. The number of amides is 2. The van der Waals surface area contributed by atoms with Gasteiger partial charge in [0.1, 0.15) is 31.0 Å². The molecule has 14 heteroatoms. The first-order chi connectivity index (χ1) is 29.4. The van der Waals surface area contributed by atoms with E-state index in [2.05, 4.69) is 15.3 Å². The van der Waals surface area contributed by atoms with Crippen LogP contribution in [-0.2, 0) is 47.4 Å². The second-order valence-corrected chi connectivity index (χ2v) is 16.0. The lowest BCUT2D eigenvalue weighted by Crippen LogP contribution is -2.56. The van der Waals surface area contributed by atoms with Gasteiger partial charge in [0.2, 0.25) is 5.91 Å². The van der Waals surface area contributed by atoms with E-state index in [1.165, 1.54) is 18.2 Å². The van der Waals surface area contributed by atoms with E-state index >= 15 is 0 Å². The van der Waals surface area contributed by atoms with E-state index in [0.29, 0.717) is 33.9 Å². The summed E-state index contributed by atoms with van der Waals surface area (Å²) in [6, 6.07) is 24.5. The summed E-state index contributed by atoms with van der Waals surface area (Å²) in [5, 5.41) is 3.87. The number of aryl methyl sites for hydroxylation is 2. The van der Waals surface area contributed by atoms with Crippen molar-refractivity contribution < 1.29 is 33.3 Å². The van der Waals surface area contributed by atoms with Crippen molar-refractivity contribution in [3.63, 3.8) is 0 Å². The maximum atomic E-state index is 14.3. The summed E-state index contributed by atoms with van der Waals surface area (Å²) < 4.78 is 25.4. The molecule has 8 rings (SSSR count). The molecule has 0 aliphatic carbocycles. The Labute approximate surface area is 363 Å². The van der Waals surface area contributed by atoms with Gasteiger partial charge < -0.3 is 33.7 Å². The molecule has 312 valence electrons.